The maximum Gasteiger partial charge on any atom is 0.303 e. The second kappa shape index (κ2) is 3.41. The van der Waals surface area contributed by atoms with Gasteiger partial charge < -0.3 is 14.9 Å². The molecule has 0 heterocycles. The standard InChI is InChI=1S/C8H14O4/c1-12-6-4-8(11,5-6)3-2-7(9)10/h6,11H,2-5H2,1H3,(H,9,10). The summed E-state index contributed by atoms with van der Waals surface area (Å²) in [5, 5.41) is 18.0. The summed E-state index contributed by atoms with van der Waals surface area (Å²) in [7, 11) is 1.60. The Morgan fingerprint density at radius 1 is 1.67 bits per heavy atom. The quantitative estimate of drug-likeness (QED) is 0.647. The van der Waals surface area contributed by atoms with Crippen molar-refractivity contribution in [2.75, 3.05) is 7.11 Å². The molecule has 0 aromatic carbocycles. The third kappa shape index (κ3) is 2.19. The van der Waals surface area contributed by atoms with E-state index in [4.69, 9.17) is 9.84 Å². The van der Waals surface area contributed by atoms with E-state index < -0.39 is 11.6 Å². The molecule has 1 saturated carbocycles. The van der Waals surface area contributed by atoms with Crippen LogP contribution in [0.15, 0.2) is 0 Å². The van der Waals surface area contributed by atoms with E-state index in [1.165, 1.54) is 0 Å². The molecule has 1 aliphatic rings. The first-order valence-corrected chi connectivity index (χ1v) is 4.03. The first-order chi connectivity index (χ1) is 5.56. The van der Waals surface area contributed by atoms with Gasteiger partial charge in [0, 0.05) is 26.4 Å². The first kappa shape index (κ1) is 9.48. The van der Waals surface area contributed by atoms with Crippen molar-refractivity contribution in [2.24, 2.45) is 0 Å². The normalized spacial score (nSPS) is 34.3. The minimum Gasteiger partial charge on any atom is -0.481 e. The van der Waals surface area contributed by atoms with E-state index in [2.05, 4.69) is 0 Å². The van der Waals surface area contributed by atoms with Gasteiger partial charge >= 0.3 is 5.97 Å². The Bertz CT molecular complexity index is 172. The summed E-state index contributed by atoms with van der Waals surface area (Å²) in [4.78, 5) is 10.2. The Labute approximate surface area is 71.2 Å². The minimum atomic E-state index is -0.857. The van der Waals surface area contributed by atoms with Gasteiger partial charge in [-0.25, -0.2) is 0 Å². The summed E-state index contributed by atoms with van der Waals surface area (Å²) < 4.78 is 4.98. The molecule has 0 bridgehead atoms. The molecule has 1 fully saturated rings. The van der Waals surface area contributed by atoms with E-state index in [9.17, 15) is 9.90 Å². The van der Waals surface area contributed by atoms with Crippen molar-refractivity contribution in [1.29, 1.82) is 0 Å². The zero-order chi connectivity index (χ0) is 9.19. The number of ether oxygens (including phenoxy) is 1. The van der Waals surface area contributed by atoms with Gasteiger partial charge in [0.25, 0.3) is 0 Å². The van der Waals surface area contributed by atoms with Gasteiger partial charge in [-0.3, -0.25) is 4.79 Å². The first-order valence-electron chi connectivity index (χ1n) is 4.03. The molecule has 1 rings (SSSR count). The topological polar surface area (TPSA) is 66.8 Å². The number of carboxylic acids is 1. The monoisotopic (exact) mass is 174 g/mol. The van der Waals surface area contributed by atoms with E-state index in [0.29, 0.717) is 19.3 Å². The largest absolute Gasteiger partial charge is 0.481 e. The number of carboxylic acid groups (broad SMARTS) is 1. The van der Waals surface area contributed by atoms with E-state index in [1.807, 2.05) is 0 Å². The fourth-order valence-corrected chi connectivity index (χ4v) is 1.50. The van der Waals surface area contributed by atoms with Crippen molar-refractivity contribution in [3.8, 4) is 0 Å². The number of aliphatic hydroxyl groups is 1. The smallest absolute Gasteiger partial charge is 0.303 e. The lowest BCUT2D eigenvalue weighted by molar-refractivity contribution is -0.148. The molecule has 0 spiro atoms. The maximum atomic E-state index is 10.2. The summed E-state index contributed by atoms with van der Waals surface area (Å²) in [6.07, 6.45) is 1.62. The average molecular weight is 174 g/mol. The van der Waals surface area contributed by atoms with Crippen molar-refractivity contribution >= 4 is 5.97 Å². The van der Waals surface area contributed by atoms with Crippen LogP contribution in [0.2, 0.25) is 0 Å². The van der Waals surface area contributed by atoms with E-state index in [-0.39, 0.29) is 12.5 Å². The maximum absolute atomic E-state index is 10.2. The fraction of sp³-hybridized carbons (Fsp3) is 0.875. The number of carbonyl (C=O) groups is 1. The van der Waals surface area contributed by atoms with Crippen LogP contribution >= 0.6 is 0 Å². The Kier molecular flexibility index (Phi) is 2.69. The van der Waals surface area contributed by atoms with Crippen LogP contribution in [0.1, 0.15) is 25.7 Å². The number of hydrogen-bond acceptors (Lipinski definition) is 3. The predicted molar refractivity (Wildman–Crippen MR) is 41.9 cm³/mol. The Morgan fingerprint density at radius 3 is 2.67 bits per heavy atom. The lowest BCUT2D eigenvalue weighted by Crippen LogP contribution is -2.48. The van der Waals surface area contributed by atoms with Gasteiger partial charge in [0.1, 0.15) is 0 Å². The molecule has 70 valence electrons. The highest BCUT2D eigenvalue weighted by Gasteiger charge is 2.42. The molecule has 2 N–H and O–H groups in total. The van der Waals surface area contributed by atoms with Crippen LogP contribution < -0.4 is 0 Å². The van der Waals surface area contributed by atoms with Crippen LogP contribution in [0, 0.1) is 0 Å². The van der Waals surface area contributed by atoms with Crippen LogP contribution in [0.4, 0.5) is 0 Å². The third-order valence-electron chi connectivity index (χ3n) is 2.35. The van der Waals surface area contributed by atoms with Gasteiger partial charge in [0.15, 0.2) is 0 Å². The Morgan fingerprint density at radius 2 is 2.25 bits per heavy atom. The van der Waals surface area contributed by atoms with Gasteiger partial charge in [-0.15, -0.1) is 0 Å². The van der Waals surface area contributed by atoms with Crippen molar-refractivity contribution < 1.29 is 19.7 Å². The molecule has 0 saturated heterocycles. The van der Waals surface area contributed by atoms with E-state index in [0.717, 1.165) is 0 Å². The highest BCUT2D eigenvalue weighted by molar-refractivity contribution is 5.66. The highest BCUT2D eigenvalue weighted by Crippen LogP contribution is 2.37. The predicted octanol–water partition coefficient (Wildman–Crippen LogP) is 0.391. The van der Waals surface area contributed by atoms with Crippen LogP contribution in [0.3, 0.4) is 0 Å². The lowest BCUT2D eigenvalue weighted by atomic mass is 9.74. The molecule has 0 amide bonds. The van der Waals surface area contributed by atoms with Crippen molar-refractivity contribution in [1.82, 2.24) is 0 Å². The number of hydrogen-bond donors (Lipinski definition) is 2. The van der Waals surface area contributed by atoms with Crippen molar-refractivity contribution in [2.45, 2.75) is 37.4 Å². The summed E-state index contributed by atoms with van der Waals surface area (Å²) in [5.41, 5.74) is -0.779. The number of aliphatic carboxylic acids is 1. The van der Waals surface area contributed by atoms with Crippen LogP contribution in [0.25, 0.3) is 0 Å². The van der Waals surface area contributed by atoms with Gasteiger partial charge in [0.05, 0.1) is 11.7 Å². The summed E-state index contributed by atoms with van der Waals surface area (Å²) in [5.74, 6) is -0.857. The molecule has 0 radical (unpaired) electrons. The molecule has 0 aromatic rings. The lowest BCUT2D eigenvalue weighted by Gasteiger charge is -2.42. The SMILES string of the molecule is COC1CC(O)(CCC(=O)O)C1. The molecule has 4 heteroatoms. The molecule has 0 aliphatic heterocycles. The van der Waals surface area contributed by atoms with E-state index >= 15 is 0 Å². The number of rotatable bonds is 4. The fourth-order valence-electron chi connectivity index (χ4n) is 1.50. The van der Waals surface area contributed by atoms with Gasteiger partial charge in [-0.2, -0.15) is 0 Å². The average Bonchev–Trinajstić information content (AvgIpc) is 1.95. The van der Waals surface area contributed by atoms with Crippen LogP contribution in [0.5, 0.6) is 0 Å². The molecule has 12 heavy (non-hydrogen) atoms. The third-order valence-corrected chi connectivity index (χ3v) is 2.35. The molecule has 0 atom stereocenters. The van der Waals surface area contributed by atoms with Gasteiger partial charge in [-0.1, -0.05) is 0 Å². The molecule has 0 unspecified atom stereocenters. The van der Waals surface area contributed by atoms with Crippen molar-refractivity contribution in [3.63, 3.8) is 0 Å². The summed E-state index contributed by atoms with van der Waals surface area (Å²) >= 11 is 0. The molecule has 0 aromatic heterocycles. The highest BCUT2D eigenvalue weighted by atomic mass is 16.5. The second-order valence-electron chi connectivity index (χ2n) is 3.38. The van der Waals surface area contributed by atoms with Crippen LogP contribution in [-0.4, -0.2) is 35.0 Å². The van der Waals surface area contributed by atoms with Gasteiger partial charge in [0.2, 0.25) is 0 Å². The molecular weight excluding hydrogens is 160 g/mol. The molecule has 4 nitrogen and oxygen atoms in total. The summed E-state index contributed by atoms with van der Waals surface area (Å²) in [6, 6.07) is 0. The Hall–Kier alpha value is -0.610. The zero-order valence-corrected chi connectivity index (χ0v) is 7.12. The van der Waals surface area contributed by atoms with Crippen LogP contribution in [-0.2, 0) is 9.53 Å². The number of methoxy groups -OCH3 is 1. The molecule has 1 aliphatic carbocycles. The molecular formula is C8H14O4. The minimum absolute atomic E-state index is 0.0347. The van der Waals surface area contributed by atoms with Crippen molar-refractivity contribution in [3.05, 3.63) is 0 Å². The van der Waals surface area contributed by atoms with Gasteiger partial charge in [-0.05, 0) is 6.42 Å². The Balaban J connectivity index is 2.21. The zero-order valence-electron chi connectivity index (χ0n) is 7.12. The van der Waals surface area contributed by atoms with E-state index in [1.54, 1.807) is 7.11 Å². The summed E-state index contributed by atoms with van der Waals surface area (Å²) in [6.45, 7) is 0. The second-order valence-corrected chi connectivity index (χ2v) is 3.38.